The predicted octanol–water partition coefficient (Wildman–Crippen LogP) is 2.90. The smallest absolute Gasteiger partial charge is 0.173 e. The molecule has 1 unspecified atom stereocenters. The van der Waals surface area contributed by atoms with Gasteiger partial charge in [-0.05, 0) is 41.8 Å². The van der Waals surface area contributed by atoms with E-state index in [-0.39, 0.29) is 6.04 Å². The molecule has 0 aliphatic rings. The minimum atomic E-state index is 0.111. The van der Waals surface area contributed by atoms with E-state index in [1.165, 1.54) is 0 Å². The lowest BCUT2D eigenvalue weighted by atomic mass is 10.0. The van der Waals surface area contributed by atoms with Crippen LogP contribution in [0.25, 0.3) is 0 Å². The third-order valence-electron chi connectivity index (χ3n) is 2.08. The minimum Gasteiger partial charge on any atom is -0.457 e. The molecule has 0 radical (unpaired) electrons. The summed E-state index contributed by atoms with van der Waals surface area (Å²) in [4.78, 5) is 0. The molecule has 3 N–H and O–H groups in total. The van der Waals surface area contributed by atoms with Crippen molar-refractivity contribution in [2.45, 2.75) is 25.8 Å². The van der Waals surface area contributed by atoms with E-state index in [0.717, 1.165) is 28.6 Å². The molecule has 0 saturated carbocycles. The van der Waals surface area contributed by atoms with Crippen LogP contribution in [0.15, 0.2) is 33.6 Å². The van der Waals surface area contributed by atoms with E-state index in [4.69, 9.17) is 10.3 Å². The minimum absolute atomic E-state index is 0.111. The Morgan fingerprint density at radius 2 is 2.50 bits per heavy atom. The molecule has 0 fully saturated rings. The van der Waals surface area contributed by atoms with E-state index < -0.39 is 0 Å². The molecule has 1 atom stereocenters. The third kappa shape index (κ3) is 2.97. The fourth-order valence-corrected chi connectivity index (χ4v) is 1.79. The molecule has 3 nitrogen and oxygen atoms in total. The normalized spacial score (nSPS) is 12.8. The third-order valence-corrected chi connectivity index (χ3v) is 2.73. The van der Waals surface area contributed by atoms with Crippen LogP contribution in [0.5, 0.6) is 0 Å². The molecular weight excluding hydrogens is 244 g/mol. The molecule has 1 rings (SSSR count). The lowest BCUT2D eigenvalue weighted by Crippen LogP contribution is -2.27. The van der Waals surface area contributed by atoms with Crippen LogP contribution in [0.2, 0.25) is 0 Å². The number of rotatable bonds is 5. The van der Waals surface area contributed by atoms with Crippen LogP contribution >= 0.6 is 15.9 Å². The maximum Gasteiger partial charge on any atom is 0.173 e. The molecule has 0 amide bonds. The first-order valence-electron chi connectivity index (χ1n) is 4.48. The van der Waals surface area contributed by atoms with Crippen LogP contribution in [0.1, 0.15) is 31.4 Å². The Morgan fingerprint density at radius 1 is 1.79 bits per heavy atom. The highest BCUT2D eigenvalue weighted by Crippen LogP contribution is 2.27. The second-order valence-corrected chi connectivity index (χ2v) is 4.08. The van der Waals surface area contributed by atoms with Crippen molar-refractivity contribution >= 4 is 15.9 Å². The lowest BCUT2D eigenvalue weighted by Gasteiger charge is -2.14. The lowest BCUT2D eigenvalue weighted by molar-refractivity contribution is 0.488. The predicted molar refractivity (Wildman–Crippen MR) is 60.5 cm³/mol. The summed E-state index contributed by atoms with van der Waals surface area (Å²) < 4.78 is 5.89. The van der Waals surface area contributed by atoms with Crippen molar-refractivity contribution in [2.75, 3.05) is 0 Å². The molecule has 0 spiro atoms. The molecule has 1 aromatic rings. The Balaban J connectivity index is 2.63. The molecule has 1 aromatic heterocycles. The highest BCUT2D eigenvalue weighted by molar-refractivity contribution is 9.10. The van der Waals surface area contributed by atoms with Crippen molar-refractivity contribution in [1.29, 1.82) is 0 Å². The van der Waals surface area contributed by atoms with Gasteiger partial charge in [-0.1, -0.05) is 5.57 Å². The van der Waals surface area contributed by atoms with Crippen LogP contribution in [0, 0.1) is 0 Å². The fourth-order valence-electron chi connectivity index (χ4n) is 1.27. The van der Waals surface area contributed by atoms with Gasteiger partial charge in [-0.15, -0.1) is 6.58 Å². The summed E-state index contributed by atoms with van der Waals surface area (Å²) in [6.07, 6.45) is 3.51. The van der Waals surface area contributed by atoms with Crippen molar-refractivity contribution in [3.63, 3.8) is 0 Å². The van der Waals surface area contributed by atoms with E-state index in [0.29, 0.717) is 0 Å². The molecule has 78 valence electrons. The van der Waals surface area contributed by atoms with Crippen molar-refractivity contribution in [3.8, 4) is 0 Å². The van der Waals surface area contributed by atoms with E-state index in [2.05, 4.69) is 27.9 Å². The van der Waals surface area contributed by atoms with Crippen LogP contribution in [-0.2, 0) is 0 Å². The number of allylic oxidation sites excluding steroid dienone is 1. The zero-order valence-electron chi connectivity index (χ0n) is 8.22. The van der Waals surface area contributed by atoms with Gasteiger partial charge in [-0.25, -0.2) is 0 Å². The van der Waals surface area contributed by atoms with Gasteiger partial charge >= 0.3 is 0 Å². The van der Waals surface area contributed by atoms with Crippen LogP contribution in [0.4, 0.5) is 0 Å². The molecule has 4 heteroatoms. The Bertz CT molecular complexity index is 309. The quantitative estimate of drug-likeness (QED) is 0.485. The van der Waals surface area contributed by atoms with Crippen molar-refractivity contribution < 1.29 is 4.42 Å². The first-order valence-corrected chi connectivity index (χ1v) is 5.28. The van der Waals surface area contributed by atoms with E-state index in [1.54, 1.807) is 6.26 Å². The molecule has 0 aromatic carbocycles. The summed E-state index contributed by atoms with van der Waals surface area (Å²) in [5.74, 6) is 5.48. The number of nitrogens with two attached hydrogens (primary N) is 1. The topological polar surface area (TPSA) is 51.2 Å². The Labute approximate surface area is 92.5 Å². The number of furan rings is 1. The number of hydrazine groups is 1. The second-order valence-electron chi connectivity index (χ2n) is 3.36. The molecular formula is C10H15BrN2O. The SMILES string of the molecule is C=C(C)CCC(NN)c1ccoc1Br. The van der Waals surface area contributed by atoms with Gasteiger partial charge in [0.25, 0.3) is 0 Å². The van der Waals surface area contributed by atoms with Gasteiger partial charge in [0.2, 0.25) is 0 Å². The molecule has 14 heavy (non-hydrogen) atoms. The average molecular weight is 259 g/mol. The first kappa shape index (κ1) is 11.5. The summed E-state index contributed by atoms with van der Waals surface area (Å²) in [7, 11) is 0. The van der Waals surface area contributed by atoms with Gasteiger partial charge in [0.15, 0.2) is 4.67 Å². The number of hydrogen-bond donors (Lipinski definition) is 2. The van der Waals surface area contributed by atoms with Gasteiger partial charge in [-0.2, -0.15) is 0 Å². The molecule has 1 heterocycles. The van der Waals surface area contributed by atoms with E-state index in [9.17, 15) is 0 Å². The van der Waals surface area contributed by atoms with Crippen LogP contribution in [-0.4, -0.2) is 0 Å². The number of hydrogen-bond acceptors (Lipinski definition) is 3. The molecule has 0 bridgehead atoms. The largest absolute Gasteiger partial charge is 0.457 e. The summed E-state index contributed by atoms with van der Waals surface area (Å²) in [5.41, 5.74) is 4.98. The van der Waals surface area contributed by atoms with Crippen LogP contribution in [0.3, 0.4) is 0 Å². The first-order chi connectivity index (χ1) is 6.65. The van der Waals surface area contributed by atoms with E-state index >= 15 is 0 Å². The van der Waals surface area contributed by atoms with Crippen molar-refractivity contribution in [3.05, 3.63) is 34.7 Å². The maximum atomic E-state index is 5.48. The fraction of sp³-hybridized carbons (Fsp3) is 0.400. The van der Waals surface area contributed by atoms with Crippen molar-refractivity contribution in [1.82, 2.24) is 5.43 Å². The average Bonchev–Trinajstić information content (AvgIpc) is 2.53. The highest BCUT2D eigenvalue weighted by atomic mass is 79.9. The zero-order valence-corrected chi connectivity index (χ0v) is 9.80. The monoisotopic (exact) mass is 258 g/mol. The second kappa shape index (κ2) is 5.34. The van der Waals surface area contributed by atoms with E-state index in [1.807, 2.05) is 13.0 Å². The Morgan fingerprint density at radius 3 is 2.93 bits per heavy atom. The Kier molecular flexibility index (Phi) is 4.38. The highest BCUT2D eigenvalue weighted by Gasteiger charge is 2.14. The molecule has 0 aliphatic carbocycles. The number of halogens is 1. The summed E-state index contributed by atoms with van der Waals surface area (Å²) in [6.45, 7) is 5.87. The van der Waals surface area contributed by atoms with Gasteiger partial charge in [-0.3, -0.25) is 11.3 Å². The standard InChI is InChI=1S/C10H15BrN2O/c1-7(2)3-4-9(13-12)8-5-6-14-10(8)11/h5-6,9,13H,1,3-4,12H2,2H3. The van der Waals surface area contributed by atoms with Crippen molar-refractivity contribution in [2.24, 2.45) is 5.84 Å². The zero-order chi connectivity index (χ0) is 10.6. The summed E-state index contributed by atoms with van der Waals surface area (Å²) >= 11 is 3.33. The summed E-state index contributed by atoms with van der Waals surface area (Å²) in [5, 5.41) is 0. The molecule has 0 saturated heterocycles. The maximum absolute atomic E-state index is 5.48. The Hall–Kier alpha value is -0.580. The molecule has 0 aliphatic heterocycles. The summed E-state index contributed by atoms with van der Waals surface area (Å²) in [6, 6.07) is 2.02. The van der Waals surface area contributed by atoms with Crippen LogP contribution < -0.4 is 11.3 Å². The number of nitrogens with one attached hydrogen (secondary N) is 1. The van der Waals surface area contributed by atoms with Gasteiger partial charge < -0.3 is 4.42 Å². The van der Waals surface area contributed by atoms with Gasteiger partial charge in [0.1, 0.15) is 0 Å². The van der Waals surface area contributed by atoms with Gasteiger partial charge in [0.05, 0.1) is 12.3 Å². The van der Waals surface area contributed by atoms with Gasteiger partial charge in [0, 0.05) is 5.56 Å².